The van der Waals surface area contributed by atoms with Crippen molar-refractivity contribution in [3.63, 3.8) is 0 Å². The lowest BCUT2D eigenvalue weighted by molar-refractivity contribution is -0.127. The van der Waals surface area contributed by atoms with Gasteiger partial charge in [0.15, 0.2) is 23.0 Å². The van der Waals surface area contributed by atoms with Crippen LogP contribution in [0.25, 0.3) is 6.08 Å². The van der Waals surface area contributed by atoms with Crippen LogP contribution >= 0.6 is 0 Å². The molecule has 0 spiro atoms. The molecule has 7 nitrogen and oxygen atoms in total. The lowest BCUT2D eigenvalue weighted by Gasteiger charge is -2.23. The quantitative estimate of drug-likeness (QED) is 0.401. The fraction of sp³-hybridized carbons (Fsp3) is 0.393. The maximum Gasteiger partial charge on any atom is 0.230 e. The average molecular weight is 481 g/mol. The summed E-state index contributed by atoms with van der Waals surface area (Å²) in [6.45, 7) is 7.10. The molecule has 1 aliphatic heterocycles. The number of carbonyl (C=O) groups is 1. The summed E-state index contributed by atoms with van der Waals surface area (Å²) in [7, 11) is 6.50. The summed E-state index contributed by atoms with van der Waals surface area (Å²) in [4.78, 5) is 17.1. The molecule has 0 radical (unpaired) electrons. The van der Waals surface area contributed by atoms with Gasteiger partial charge in [-0.05, 0) is 59.9 Å². The first-order chi connectivity index (χ1) is 17.0. The molecule has 0 saturated carbocycles. The van der Waals surface area contributed by atoms with Crippen LogP contribution in [0, 0.1) is 0 Å². The van der Waals surface area contributed by atoms with E-state index in [9.17, 15) is 4.79 Å². The van der Waals surface area contributed by atoms with E-state index >= 15 is 0 Å². The number of fused-ring (bicyclic) bond motifs is 1. The fourth-order valence-corrected chi connectivity index (χ4v) is 4.23. The second kappa shape index (κ2) is 12.9. The highest BCUT2D eigenvalue weighted by Crippen LogP contribution is 2.33. The molecule has 0 bridgehead atoms. The van der Waals surface area contributed by atoms with E-state index in [1.165, 1.54) is 5.56 Å². The number of carbonyl (C=O) groups excluding carboxylic acids is 1. The van der Waals surface area contributed by atoms with E-state index < -0.39 is 0 Å². The number of nitrogens with zero attached hydrogens (tertiary/aromatic N) is 2. The summed E-state index contributed by atoms with van der Waals surface area (Å²) in [5.74, 6) is 2.84. The number of hydrogen-bond acceptors (Lipinski definition) is 6. The topological polar surface area (TPSA) is 60.5 Å². The number of hydrogen-bond donors (Lipinski definition) is 0. The normalized spacial score (nSPS) is 12.8. The number of amides is 1. The van der Waals surface area contributed by atoms with Crippen molar-refractivity contribution in [2.24, 2.45) is 0 Å². The van der Waals surface area contributed by atoms with Crippen LogP contribution in [0.3, 0.4) is 0 Å². The Hall–Kier alpha value is -3.45. The third-order valence-corrected chi connectivity index (χ3v) is 6.17. The Kier molecular flexibility index (Phi) is 9.61. The van der Waals surface area contributed by atoms with Crippen molar-refractivity contribution in [1.82, 2.24) is 9.80 Å². The summed E-state index contributed by atoms with van der Waals surface area (Å²) in [5, 5.41) is 0. The number of ether oxygens (including phenoxy) is 4. The first-order valence-corrected chi connectivity index (χ1v) is 11.8. The maximum atomic E-state index is 12.9. The zero-order valence-electron chi connectivity index (χ0n) is 21.2. The molecule has 0 N–H and O–H groups in total. The molecule has 2 aromatic carbocycles. The highest BCUT2D eigenvalue weighted by atomic mass is 16.5. The van der Waals surface area contributed by atoms with Gasteiger partial charge in [-0.15, -0.1) is 6.58 Å². The molecule has 1 aliphatic rings. The molecule has 0 aliphatic carbocycles. The van der Waals surface area contributed by atoms with Crippen molar-refractivity contribution in [3.05, 3.63) is 65.9 Å². The molecule has 7 heteroatoms. The van der Waals surface area contributed by atoms with Gasteiger partial charge in [0.25, 0.3) is 0 Å². The van der Waals surface area contributed by atoms with E-state index in [1.807, 2.05) is 42.6 Å². The van der Waals surface area contributed by atoms with Gasteiger partial charge in [0.2, 0.25) is 5.91 Å². The molecular weight excluding hydrogens is 444 g/mol. The summed E-state index contributed by atoms with van der Waals surface area (Å²) < 4.78 is 21.6. The highest BCUT2D eigenvalue weighted by Gasteiger charge is 2.19. The van der Waals surface area contributed by atoms with Crippen LogP contribution in [-0.2, 0) is 17.6 Å². The Balaban J connectivity index is 1.57. The smallest absolute Gasteiger partial charge is 0.230 e. The van der Waals surface area contributed by atoms with Gasteiger partial charge in [-0.25, -0.2) is 0 Å². The molecule has 35 heavy (non-hydrogen) atoms. The van der Waals surface area contributed by atoms with Gasteiger partial charge >= 0.3 is 0 Å². The molecule has 0 unspecified atom stereocenters. The van der Waals surface area contributed by atoms with Gasteiger partial charge in [0.05, 0.1) is 34.9 Å². The number of methoxy groups -OCH3 is 4. The molecular formula is C28H36N2O5. The zero-order valence-corrected chi connectivity index (χ0v) is 21.2. The van der Waals surface area contributed by atoms with E-state index in [1.54, 1.807) is 33.3 Å². The third kappa shape index (κ3) is 6.79. The first kappa shape index (κ1) is 26.2. The van der Waals surface area contributed by atoms with Crippen LogP contribution < -0.4 is 18.9 Å². The largest absolute Gasteiger partial charge is 0.493 e. The minimum Gasteiger partial charge on any atom is -0.493 e. The van der Waals surface area contributed by atoms with E-state index in [0.717, 1.165) is 55.1 Å². The average Bonchev–Trinajstić information content (AvgIpc) is 3.03. The molecule has 1 heterocycles. The summed E-state index contributed by atoms with van der Waals surface area (Å²) >= 11 is 0. The summed E-state index contributed by atoms with van der Waals surface area (Å²) in [5.41, 5.74) is 3.10. The molecule has 0 fully saturated rings. The predicted octanol–water partition coefficient (Wildman–Crippen LogP) is 4.20. The summed E-state index contributed by atoms with van der Waals surface area (Å²) in [6.07, 6.45) is 7.85. The monoisotopic (exact) mass is 480 g/mol. The van der Waals surface area contributed by atoms with Crippen LogP contribution in [0.2, 0.25) is 0 Å². The standard InChI is InChI=1S/C28H36N2O5/c1-6-12-29(15-10-21-8-9-24(32-2)25(17-21)33-3)13-7-14-30-16-11-22-18-26(34-4)27(35-5)19-23(22)20-28(30)31/h6,8-9,11,16-19H,1,7,10,12-15,20H2,2-5H3. The van der Waals surface area contributed by atoms with E-state index in [-0.39, 0.29) is 5.91 Å². The van der Waals surface area contributed by atoms with Crippen LogP contribution in [-0.4, -0.2) is 70.3 Å². The zero-order chi connectivity index (χ0) is 25.2. The van der Waals surface area contributed by atoms with Crippen LogP contribution in [0.1, 0.15) is 23.1 Å². The van der Waals surface area contributed by atoms with E-state index in [4.69, 9.17) is 18.9 Å². The van der Waals surface area contributed by atoms with E-state index in [2.05, 4.69) is 17.5 Å². The third-order valence-electron chi connectivity index (χ3n) is 6.17. The maximum absolute atomic E-state index is 12.9. The second-order valence-electron chi connectivity index (χ2n) is 8.37. The van der Waals surface area contributed by atoms with Gasteiger partial charge in [-0.1, -0.05) is 12.1 Å². The SMILES string of the molecule is C=CCN(CCCN1C=Cc2cc(OC)c(OC)cc2CC1=O)CCc1ccc(OC)c(OC)c1. The van der Waals surface area contributed by atoms with Crippen molar-refractivity contribution in [2.75, 3.05) is 54.6 Å². The van der Waals surface area contributed by atoms with Gasteiger partial charge in [0, 0.05) is 32.4 Å². The minimum atomic E-state index is 0.0767. The van der Waals surface area contributed by atoms with Crippen molar-refractivity contribution in [2.45, 2.75) is 19.3 Å². The van der Waals surface area contributed by atoms with Gasteiger partial charge in [0.1, 0.15) is 0 Å². The molecule has 2 aromatic rings. The lowest BCUT2D eigenvalue weighted by Crippen LogP contribution is -2.32. The Bertz CT molecular complexity index is 1050. The highest BCUT2D eigenvalue weighted by molar-refractivity contribution is 5.84. The van der Waals surface area contributed by atoms with Crippen molar-refractivity contribution >= 4 is 12.0 Å². The predicted molar refractivity (Wildman–Crippen MR) is 139 cm³/mol. The molecule has 188 valence electrons. The van der Waals surface area contributed by atoms with Crippen LogP contribution in [0.4, 0.5) is 0 Å². The van der Waals surface area contributed by atoms with Crippen LogP contribution in [0.15, 0.2) is 49.2 Å². The number of benzene rings is 2. The Labute approximate surface area is 208 Å². The van der Waals surface area contributed by atoms with Crippen molar-refractivity contribution in [1.29, 1.82) is 0 Å². The van der Waals surface area contributed by atoms with Crippen LogP contribution in [0.5, 0.6) is 23.0 Å². The van der Waals surface area contributed by atoms with Crippen molar-refractivity contribution in [3.8, 4) is 23.0 Å². The molecule has 0 saturated heterocycles. The van der Waals surface area contributed by atoms with E-state index in [0.29, 0.717) is 24.5 Å². The Morgan fingerprint density at radius 3 is 2.31 bits per heavy atom. The minimum absolute atomic E-state index is 0.0767. The van der Waals surface area contributed by atoms with Gasteiger partial charge in [-0.2, -0.15) is 0 Å². The lowest BCUT2D eigenvalue weighted by atomic mass is 10.0. The first-order valence-electron chi connectivity index (χ1n) is 11.8. The van der Waals surface area contributed by atoms with Gasteiger partial charge in [-0.3, -0.25) is 9.69 Å². The Morgan fingerprint density at radius 2 is 1.63 bits per heavy atom. The fourth-order valence-electron chi connectivity index (χ4n) is 4.23. The molecule has 0 aromatic heterocycles. The number of rotatable bonds is 13. The van der Waals surface area contributed by atoms with Gasteiger partial charge < -0.3 is 23.8 Å². The Morgan fingerprint density at radius 1 is 0.943 bits per heavy atom. The summed E-state index contributed by atoms with van der Waals surface area (Å²) in [6, 6.07) is 9.83. The van der Waals surface area contributed by atoms with Crippen molar-refractivity contribution < 1.29 is 23.7 Å². The molecule has 0 atom stereocenters. The second-order valence-corrected chi connectivity index (χ2v) is 8.37. The molecule has 1 amide bonds. The molecule has 3 rings (SSSR count).